The Balaban J connectivity index is 1.40. The first-order chi connectivity index (χ1) is 11.8. The van der Waals surface area contributed by atoms with Gasteiger partial charge in [0.1, 0.15) is 18.0 Å². The molecule has 24 heavy (non-hydrogen) atoms. The van der Waals surface area contributed by atoms with Gasteiger partial charge in [-0.05, 0) is 31.4 Å². The lowest BCUT2D eigenvalue weighted by molar-refractivity contribution is -0.116. The molecule has 1 fully saturated rings. The van der Waals surface area contributed by atoms with Crippen molar-refractivity contribution < 1.29 is 14.3 Å². The minimum atomic E-state index is 0.189. The first-order valence-electron chi connectivity index (χ1n) is 8.83. The van der Waals surface area contributed by atoms with Crippen LogP contribution in [0, 0.1) is 0 Å². The zero-order valence-corrected chi connectivity index (χ0v) is 14.7. The zero-order chi connectivity index (χ0) is 16.4. The predicted octanol–water partition coefficient (Wildman–Crippen LogP) is 2.53. The van der Waals surface area contributed by atoms with Gasteiger partial charge in [0.15, 0.2) is 0 Å². The summed E-state index contributed by atoms with van der Waals surface area (Å²) < 4.78 is 11.5. The highest BCUT2D eigenvalue weighted by Crippen LogP contribution is 2.42. The molecule has 3 aliphatic heterocycles. The van der Waals surface area contributed by atoms with E-state index in [1.807, 2.05) is 23.1 Å². The van der Waals surface area contributed by atoms with Gasteiger partial charge in [0, 0.05) is 25.4 Å². The van der Waals surface area contributed by atoms with E-state index in [0.29, 0.717) is 11.9 Å². The highest BCUT2D eigenvalue weighted by Gasteiger charge is 2.31. The summed E-state index contributed by atoms with van der Waals surface area (Å²) in [5.41, 5.74) is 2.09. The van der Waals surface area contributed by atoms with Crippen molar-refractivity contribution in [3.8, 4) is 5.75 Å². The summed E-state index contributed by atoms with van der Waals surface area (Å²) in [6.07, 6.45) is 3.87. The number of hydrogen-bond acceptors (Lipinski definition) is 5. The maximum absolute atomic E-state index is 12.7. The summed E-state index contributed by atoms with van der Waals surface area (Å²) in [7, 11) is 0. The number of para-hydroxylation sites is 1. The first-order valence-corrected chi connectivity index (χ1v) is 9.99. The molecule has 3 aliphatic rings. The Labute approximate surface area is 147 Å². The number of rotatable bonds is 4. The lowest BCUT2D eigenvalue weighted by atomic mass is 10.1. The second-order valence-electron chi connectivity index (χ2n) is 6.51. The van der Waals surface area contributed by atoms with E-state index >= 15 is 0 Å². The van der Waals surface area contributed by atoms with Crippen molar-refractivity contribution in [1.29, 1.82) is 0 Å². The Bertz CT molecular complexity index is 604. The van der Waals surface area contributed by atoms with Crippen molar-refractivity contribution in [1.82, 2.24) is 0 Å². The van der Waals surface area contributed by atoms with Crippen molar-refractivity contribution in [3.05, 3.63) is 18.2 Å². The minimum Gasteiger partial charge on any atom is -0.489 e. The SMILES string of the molecule is O=C(CSCC1CCCCO1)N1CCN2CCOc3cccc1c32. The molecule has 1 unspecified atom stereocenters. The number of amides is 1. The van der Waals surface area contributed by atoms with E-state index in [1.54, 1.807) is 11.8 Å². The van der Waals surface area contributed by atoms with Gasteiger partial charge in [0.05, 0.1) is 24.1 Å². The molecule has 130 valence electrons. The smallest absolute Gasteiger partial charge is 0.237 e. The molecule has 0 radical (unpaired) electrons. The van der Waals surface area contributed by atoms with Gasteiger partial charge >= 0.3 is 0 Å². The number of anilines is 2. The quantitative estimate of drug-likeness (QED) is 0.836. The van der Waals surface area contributed by atoms with Crippen molar-refractivity contribution in [2.24, 2.45) is 0 Å². The van der Waals surface area contributed by atoms with E-state index in [4.69, 9.17) is 9.47 Å². The summed E-state index contributed by atoms with van der Waals surface area (Å²) in [5.74, 6) is 2.53. The molecular formula is C18H24N2O3S. The summed E-state index contributed by atoms with van der Waals surface area (Å²) in [4.78, 5) is 17.0. The van der Waals surface area contributed by atoms with Crippen molar-refractivity contribution in [2.45, 2.75) is 25.4 Å². The van der Waals surface area contributed by atoms with Crippen LogP contribution in [0.5, 0.6) is 5.75 Å². The number of carbonyl (C=O) groups excluding carboxylic acids is 1. The third-order valence-electron chi connectivity index (χ3n) is 4.90. The van der Waals surface area contributed by atoms with Gasteiger partial charge in [-0.1, -0.05) is 6.07 Å². The molecule has 1 aromatic rings. The zero-order valence-electron chi connectivity index (χ0n) is 13.9. The maximum Gasteiger partial charge on any atom is 0.237 e. The maximum atomic E-state index is 12.7. The second kappa shape index (κ2) is 7.23. The van der Waals surface area contributed by atoms with E-state index in [9.17, 15) is 4.79 Å². The standard InChI is InChI=1S/C18H24N2O3S/c21-17(13-24-12-14-4-1-2-10-22-14)20-8-7-19-9-11-23-16-6-3-5-15(20)18(16)19/h3,5-6,14H,1-2,4,7-13H2. The average Bonchev–Trinajstić information content (AvgIpc) is 2.63. The molecule has 0 spiro atoms. The lowest BCUT2D eigenvalue weighted by Gasteiger charge is -2.41. The monoisotopic (exact) mass is 348 g/mol. The van der Waals surface area contributed by atoms with Gasteiger partial charge in [0.25, 0.3) is 0 Å². The van der Waals surface area contributed by atoms with Crippen LogP contribution in [0.4, 0.5) is 11.4 Å². The Kier molecular flexibility index (Phi) is 4.85. The third kappa shape index (κ3) is 3.22. The van der Waals surface area contributed by atoms with Crippen molar-refractivity contribution in [3.63, 3.8) is 0 Å². The average molecular weight is 348 g/mol. The number of benzene rings is 1. The molecule has 0 aliphatic carbocycles. The molecule has 6 heteroatoms. The van der Waals surface area contributed by atoms with Crippen LogP contribution in [0.2, 0.25) is 0 Å². The number of hydrogen-bond donors (Lipinski definition) is 0. The Morgan fingerprint density at radius 1 is 1.21 bits per heavy atom. The van der Waals surface area contributed by atoms with E-state index in [0.717, 1.165) is 62.1 Å². The highest BCUT2D eigenvalue weighted by atomic mass is 32.2. The number of thioether (sulfide) groups is 1. The fourth-order valence-electron chi connectivity index (χ4n) is 3.66. The molecule has 1 aromatic carbocycles. The largest absolute Gasteiger partial charge is 0.489 e. The summed E-state index contributed by atoms with van der Waals surface area (Å²) in [6.45, 7) is 4.14. The van der Waals surface area contributed by atoms with Crippen LogP contribution in [-0.2, 0) is 9.53 Å². The fraction of sp³-hybridized carbons (Fsp3) is 0.611. The highest BCUT2D eigenvalue weighted by molar-refractivity contribution is 8.00. The summed E-state index contributed by atoms with van der Waals surface area (Å²) in [5, 5.41) is 0. The van der Waals surface area contributed by atoms with Crippen molar-refractivity contribution >= 4 is 29.0 Å². The van der Waals surface area contributed by atoms with E-state index in [1.165, 1.54) is 12.8 Å². The number of carbonyl (C=O) groups is 1. The molecule has 1 amide bonds. The Morgan fingerprint density at radius 2 is 2.17 bits per heavy atom. The number of nitrogens with zero attached hydrogens (tertiary/aromatic N) is 2. The molecule has 3 heterocycles. The normalized spacial score (nSPS) is 22.8. The molecule has 0 bridgehead atoms. The van der Waals surface area contributed by atoms with Gasteiger partial charge in [-0.25, -0.2) is 0 Å². The molecule has 0 saturated carbocycles. The van der Waals surface area contributed by atoms with Gasteiger partial charge in [-0.3, -0.25) is 4.79 Å². The van der Waals surface area contributed by atoms with Gasteiger partial charge in [-0.2, -0.15) is 0 Å². The third-order valence-corrected chi connectivity index (χ3v) is 5.96. The summed E-state index contributed by atoms with van der Waals surface area (Å²) in [6, 6.07) is 6.01. The van der Waals surface area contributed by atoms with Crippen LogP contribution in [0.15, 0.2) is 18.2 Å². The molecular weight excluding hydrogens is 324 g/mol. The van der Waals surface area contributed by atoms with Crippen LogP contribution >= 0.6 is 11.8 Å². The predicted molar refractivity (Wildman–Crippen MR) is 97.4 cm³/mol. The van der Waals surface area contributed by atoms with Gasteiger partial charge < -0.3 is 19.3 Å². The van der Waals surface area contributed by atoms with E-state index in [-0.39, 0.29) is 5.91 Å². The van der Waals surface area contributed by atoms with Gasteiger partial charge in [0.2, 0.25) is 5.91 Å². The number of ether oxygens (including phenoxy) is 2. The van der Waals surface area contributed by atoms with Crippen LogP contribution in [0.3, 0.4) is 0 Å². The second-order valence-corrected chi connectivity index (χ2v) is 7.54. The topological polar surface area (TPSA) is 42.0 Å². The van der Waals surface area contributed by atoms with E-state index in [2.05, 4.69) is 4.90 Å². The van der Waals surface area contributed by atoms with Crippen LogP contribution < -0.4 is 14.5 Å². The molecule has 4 rings (SSSR count). The van der Waals surface area contributed by atoms with E-state index < -0.39 is 0 Å². The Hall–Kier alpha value is -1.40. The molecule has 1 saturated heterocycles. The molecule has 5 nitrogen and oxygen atoms in total. The van der Waals surface area contributed by atoms with Gasteiger partial charge in [-0.15, -0.1) is 11.8 Å². The minimum absolute atomic E-state index is 0.189. The molecule has 1 atom stereocenters. The Morgan fingerprint density at radius 3 is 3.04 bits per heavy atom. The lowest BCUT2D eigenvalue weighted by Crippen LogP contribution is -2.47. The fourth-order valence-corrected chi connectivity index (χ4v) is 4.63. The molecule has 0 N–H and O–H groups in total. The summed E-state index contributed by atoms with van der Waals surface area (Å²) >= 11 is 1.70. The van der Waals surface area contributed by atoms with Crippen molar-refractivity contribution in [2.75, 3.05) is 54.2 Å². The van der Waals surface area contributed by atoms with Crippen LogP contribution in [0.1, 0.15) is 19.3 Å². The van der Waals surface area contributed by atoms with Crippen LogP contribution in [0.25, 0.3) is 0 Å². The molecule has 0 aromatic heterocycles. The first kappa shape index (κ1) is 16.1. The van der Waals surface area contributed by atoms with Crippen LogP contribution in [-0.4, -0.2) is 56.4 Å².